The molecule has 5 nitrogen and oxygen atoms in total. The van der Waals surface area contributed by atoms with Crippen LogP contribution in [0.5, 0.6) is 0 Å². The Bertz CT molecular complexity index is 1140. The number of nitrogens with zero attached hydrogens (tertiary/aromatic N) is 2. The summed E-state index contributed by atoms with van der Waals surface area (Å²) in [6.45, 7) is 9.72. The maximum absolute atomic E-state index is 13.2. The van der Waals surface area contributed by atoms with Crippen LogP contribution in [0.3, 0.4) is 0 Å². The molecular weight excluding hydrogens is 394 g/mol. The lowest BCUT2D eigenvalue weighted by molar-refractivity contribution is 0.0753. The van der Waals surface area contributed by atoms with Crippen molar-refractivity contribution in [1.82, 2.24) is 14.9 Å². The lowest BCUT2D eigenvalue weighted by atomic mass is 9.72. The number of hydrogen-bond donors (Lipinski definition) is 1. The maximum Gasteiger partial charge on any atom is 0.264 e. The third-order valence-electron chi connectivity index (χ3n) is 6.19. The highest BCUT2D eigenvalue weighted by atomic mass is 32.1. The minimum atomic E-state index is -0.168. The van der Waals surface area contributed by atoms with E-state index in [0.717, 1.165) is 17.7 Å². The Morgan fingerprint density at radius 2 is 2.07 bits per heavy atom. The van der Waals surface area contributed by atoms with E-state index in [2.05, 4.69) is 36.8 Å². The molecule has 0 spiro atoms. The first kappa shape index (κ1) is 20.8. The van der Waals surface area contributed by atoms with Gasteiger partial charge in [-0.15, -0.1) is 11.3 Å². The fraction of sp³-hybridized carbons (Fsp3) is 0.458. The molecule has 30 heavy (non-hydrogen) atoms. The maximum atomic E-state index is 13.2. The van der Waals surface area contributed by atoms with Gasteiger partial charge in [0.1, 0.15) is 5.82 Å². The first-order chi connectivity index (χ1) is 14.3. The second-order valence-corrected chi connectivity index (χ2v) is 10.4. The number of amides is 1. The molecule has 0 saturated carbocycles. The van der Waals surface area contributed by atoms with Gasteiger partial charge in [0.05, 0.1) is 22.3 Å². The van der Waals surface area contributed by atoms with E-state index in [-0.39, 0.29) is 16.9 Å². The second kappa shape index (κ2) is 7.99. The molecule has 1 aliphatic rings. The number of thiophene rings is 1. The Balaban J connectivity index is 1.56. The molecule has 1 aliphatic carbocycles. The van der Waals surface area contributed by atoms with Gasteiger partial charge in [-0.3, -0.25) is 9.59 Å². The van der Waals surface area contributed by atoms with Gasteiger partial charge >= 0.3 is 0 Å². The SMILES string of the molecule is CCN(Cc1nc2ccccc2c(=O)[nH]1)C(=O)c1cc2c(s1)CC[C@@H](C(C)(C)C)C2. The van der Waals surface area contributed by atoms with Gasteiger partial charge in [-0.05, 0) is 61.3 Å². The Labute approximate surface area is 181 Å². The number of benzene rings is 1. The van der Waals surface area contributed by atoms with Crippen molar-refractivity contribution in [3.05, 3.63) is 61.8 Å². The summed E-state index contributed by atoms with van der Waals surface area (Å²) in [5.41, 5.74) is 2.11. The van der Waals surface area contributed by atoms with Crippen LogP contribution < -0.4 is 5.56 Å². The third kappa shape index (κ3) is 4.06. The van der Waals surface area contributed by atoms with Gasteiger partial charge in [0.25, 0.3) is 11.5 Å². The molecule has 1 aromatic carbocycles. The molecule has 1 atom stereocenters. The van der Waals surface area contributed by atoms with Gasteiger partial charge in [-0.2, -0.15) is 0 Å². The number of aromatic amines is 1. The highest BCUT2D eigenvalue weighted by molar-refractivity contribution is 7.14. The number of aryl methyl sites for hydroxylation is 1. The van der Waals surface area contributed by atoms with E-state index in [1.807, 2.05) is 25.1 Å². The Morgan fingerprint density at radius 1 is 1.30 bits per heavy atom. The van der Waals surface area contributed by atoms with Crippen molar-refractivity contribution in [2.75, 3.05) is 6.54 Å². The predicted octanol–water partition coefficient (Wildman–Crippen LogP) is 4.80. The van der Waals surface area contributed by atoms with Crippen LogP contribution in [0.1, 0.15) is 60.1 Å². The van der Waals surface area contributed by atoms with Crippen LogP contribution in [0.2, 0.25) is 0 Å². The van der Waals surface area contributed by atoms with Crippen molar-refractivity contribution in [1.29, 1.82) is 0 Å². The van der Waals surface area contributed by atoms with Crippen LogP contribution >= 0.6 is 11.3 Å². The van der Waals surface area contributed by atoms with Crippen molar-refractivity contribution >= 4 is 28.1 Å². The second-order valence-electron chi connectivity index (χ2n) is 9.21. The predicted molar refractivity (Wildman–Crippen MR) is 122 cm³/mol. The minimum Gasteiger partial charge on any atom is -0.331 e. The molecule has 4 rings (SSSR count). The molecule has 2 aromatic heterocycles. The number of fused-ring (bicyclic) bond motifs is 2. The molecule has 158 valence electrons. The van der Waals surface area contributed by atoms with Gasteiger partial charge in [0.2, 0.25) is 0 Å². The molecule has 2 heterocycles. The van der Waals surface area contributed by atoms with Gasteiger partial charge in [-0.25, -0.2) is 4.98 Å². The summed E-state index contributed by atoms with van der Waals surface area (Å²) in [6.07, 6.45) is 3.29. The Hall–Kier alpha value is -2.47. The largest absolute Gasteiger partial charge is 0.331 e. The van der Waals surface area contributed by atoms with Gasteiger partial charge < -0.3 is 9.88 Å². The van der Waals surface area contributed by atoms with E-state index in [0.29, 0.717) is 35.7 Å². The van der Waals surface area contributed by atoms with Crippen LogP contribution in [-0.4, -0.2) is 27.3 Å². The molecule has 1 amide bonds. The van der Waals surface area contributed by atoms with E-state index >= 15 is 0 Å². The summed E-state index contributed by atoms with van der Waals surface area (Å²) in [5, 5.41) is 0.565. The first-order valence-corrected chi connectivity index (χ1v) is 11.5. The van der Waals surface area contributed by atoms with Crippen molar-refractivity contribution in [2.45, 2.75) is 53.5 Å². The topological polar surface area (TPSA) is 66.1 Å². The quantitative estimate of drug-likeness (QED) is 0.656. The molecule has 0 radical (unpaired) electrons. The zero-order valence-corrected chi connectivity index (χ0v) is 18.9. The first-order valence-electron chi connectivity index (χ1n) is 10.6. The van der Waals surface area contributed by atoms with E-state index in [9.17, 15) is 9.59 Å². The highest BCUT2D eigenvalue weighted by Gasteiger charge is 2.31. The molecule has 6 heteroatoms. The van der Waals surface area contributed by atoms with Crippen LogP contribution in [-0.2, 0) is 19.4 Å². The molecule has 1 N–H and O–H groups in total. The van der Waals surface area contributed by atoms with E-state index < -0.39 is 0 Å². The third-order valence-corrected chi connectivity index (χ3v) is 7.41. The van der Waals surface area contributed by atoms with Crippen molar-refractivity contribution in [2.24, 2.45) is 11.3 Å². The smallest absolute Gasteiger partial charge is 0.264 e. The van der Waals surface area contributed by atoms with Crippen LogP contribution in [0.25, 0.3) is 10.9 Å². The van der Waals surface area contributed by atoms with Crippen LogP contribution in [0.15, 0.2) is 35.1 Å². The van der Waals surface area contributed by atoms with E-state index in [1.165, 1.54) is 16.9 Å². The number of H-pyrrole nitrogens is 1. The van der Waals surface area contributed by atoms with Crippen molar-refractivity contribution in [3.8, 4) is 0 Å². The van der Waals surface area contributed by atoms with Gasteiger partial charge in [0.15, 0.2) is 0 Å². The summed E-state index contributed by atoms with van der Waals surface area (Å²) in [4.78, 5) is 36.9. The molecular formula is C24H29N3O2S. The fourth-order valence-electron chi connectivity index (χ4n) is 4.24. The average Bonchev–Trinajstić information content (AvgIpc) is 3.14. The number of hydrogen-bond acceptors (Lipinski definition) is 4. The zero-order valence-electron chi connectivity index (χ0n) is 18.1. The molecule has 0 fully saturated rings. The standard InChI is InChI=1S/C24H29N3O2S/c1-5-27(14-21-25-18-9-7-6-8-17(18)22(28)26-21)23(29)20-13-15-12-16(24(2,3)4)10-11-19(15)30-20/h6-9,13,16H,5,10-12,14H2,1-4H3,(H,25,26,28)/t16-/m1/s1. The minimum absolute atomic E-state index is 0.0139. The Kier molecular flexibility index (Phi) is 5.53. The number of rotatable bonds is 4. The fourth-order valence-corrected chi connectivity index (χ4v) is 5.42. The summed E-state index contributed by atoms with van der Waals surface area (Å²) in [6, 6.07) is 9.37. The monoisotopic (exact) mass is 423 g/mol. The highest BCUT2D eigenvalue weighted by Crippen LogP contribution is 2.40. The zero-order chi connectivity index (χ0) is 21.5. The van der Waals surface area contributed by atoms with Crippen molar-refractivity contribution < 1.29 is 4.79 Å². The van der Waals surface area contributed by atoms with Crippen LogP contribution in [0, 0.1) is 11.3 Å². The van der Waals surface area contributed by atoms with Crippen LogP contribution in [0.4, 0.5) is 0 Å². The van der Waals surface area contributed by atoms with Gasteiger partial charge in [0, 0.05) is 11.4 Å². The molecule has 0 saturated heterocycles. The normalized spacial score (nSPS) is 16.5. The summed E-state index contributed by atoms with van der Waals surface area (Å²) >= 11 is 1.63. The average molecular weight is 424 g/mol. The summed E-state index contributed by atoms with van der Waals surface area (Å²) < 4.78 is 0. The molecule has 0 unspecified atom stereocenters. The number of para-hydroxylation sites is 1. The lowest BCUT2D eigenvalue weighted by Gasteiger charge is -2.33. The number of carbonyl (C=O) groups excluding carboxylic acids is 1. The number of aromatic nitrogens is 2. The van der Waals surface area contributed by atoms with Gasteiger partial charge in [-0.1, -0.05) is 32.9 Å². The van der Waals surface area contributed by atoms with E-state index in [4.69, 9.17) is 0 Å². The molecule has 0 bridgehead atoms. The number of carbonyl (C=O) groups is 1. The molecule has 0 aliphatic heterocycles. The lowest BCUT2D eigenvalue weighted by Crippen LogP contribution is -2.31. The number of nitrogens with one attached hydrogen (secondary N) is 1. The molecule has 3 aromatic rings. The summed E-state index contributed by atoms with van der Waals surface area (Å²) in [5.74, 6) is 1.18. The Morgan fingerprint density at radius 3 is 2.80 bits per heavy atom. The summed E-state index contributed by atoms with van der Waals surface area (Å²) in [7, 11) is 0. The van der Waals surface area contributed by atoms with E-state index in [1.54, 1.807) is 22.3 Å². The van der Waals surface area contributed by atoms with Crippen molar-refractivity contribution in [3.63, 3.8) is 0 Å².